The lowest BCUT2D eigenvalue weighted by Gasteiger charge is -2.20. The van der Waals surface area contributed by atoms with Crippen LogP contribution in [0.5, 0.6) is 0 Å². The van der Waals surface area contributed by atoms with Crippen molar-refractivity contribution in [2.24, 2.45) is 0 Å². The van der Waals surface area contributed by atoms with Crippen LogP contribution in [0.4, 0.5) is 0 Å². The van der Waals surface area contributed by atoms with Gasteiger partial charge in [-0.1, -0.05) is 6.92 Å². The largest absolute Gasteiger partial charge is 0.676 e. The van der Waals surface area contributed by atoms with Crippen molar-refractivity contribution >= 4 is 21.7 Å². The first-order chi connectivity index (χ1) is 5.58. The molecule has 1 atom stereocenters. The Morgan fingerprint density at radius 3 is 2.25 bits per heavy atom. The van der Waals surface area contributed by atoms with Crippen LogP contribution in [0.15, 0.2) is 0 Å². The predicted molar refractivity (Wildman–Crippen MR) is 51.0 cm³/mol. The van der Waals surface area contributed by atoms with E-state index in [2.05, 4.69) is 12.6 Å². The van der Waals surface area contributed by atoms with E-state index in [0.717, 1.165) is 6.42 Å². The highest BCUT2D eigenvalue weighted by Crippen LogP contribution is 2.07. The fourth-order valence-electron chi connectivity index (χ4n) is 0.521. The van der Waals surface area contributed by atoms with Crippen molar-refractivity contribution in [3.8, 4) is 0 Å². The molecule has 0 aromatic rings. The highest BCUT2D eigenvalue weighted by atomic mass is 32.1. The molecule has 0 rings (SSSR count). The van der Waals surface area contributed by atoms with Gasteiger partial charge in [-0.05, 0) is 6.42 Å². The fraction of sp³-hybridized carbons (Fsp3) is 1.00. The molecule has 0 aromatic carbocycles. The second-order valence-electron chi connectivity index (χ2n) is 2.31. The van der Waals surface area contributed by atoms with Crippen molar-refractivity contribution in [2.75, 3.05) is 20.8 Å². The molecule has 0 saturated heterocycles. The van der Waals surface area contributed by atoms with Gasteiger partial charge in [0.2, 0.25) is 0 Å². The highest BCUT2D eigenvalue weighted by molar-refractivity contribution is 7.81. The van der Waals surface area contributed by atoms with Crippen LogP contribution >= 0.6 is 12.6 Å². The topological polar surface area (TPSA) is 47.9 Å². The van der Waals surface area contributed by atoms with E-state index >= 15 is 0 Å². The predicted octanol–water partition coefficient (Wildman–Crippen LogP) is 0.432. The first kappa shape index (κ1) is 12.4. The van der Waals surface area contributed by atoms with Crippen molar-refractivity contribution in [3.63, 3.8) is 0 Å². The van der Waals surface area contributed by atoms with Crippen LogP contribution in [-0.4, -0.2) is 39.9 Å². The van der Waals surface area contributed by atoms with E-state index < -0.39 is 9.05 Å². The zero-order valence-corrected chi connectivity index (χ0v) is 9.51. The minimum Gasteiger partial charge on any atom is -0.367 e. The number of thiol groups is 1. The van der Waals surface area contributed by atoms with E-state index in [1.54, 1.807) is 0 Å². The van der Waals surface area contributed by atoms with Gasteiger partial charge in [0.15, 0.2) is 0 Å². The van der Waals surface area contributed by atoms with Crippen LogP contribution in [-0.2, 0) is 13.3 Å². The SMILES string of the molecule is CCC(S)CO[Si](O)(OC)OC. The molecule has 0 aliphatic rings. The standard InChI is InChI=1S/C6H16O4SSi/c1-4-6(11)5-10-12(7,8-2)9-3/h6-7,11H,4-5H2,1-3H3. The molecule has 12 heavy (non-hydrogen) atoms. The van der Waals surface area contributed by atoms with Crippen molar-refractivity contribution in [2.45, 2.75) is 18.6 Å². The van der Waals surface area contributed by atoms with E-state index in [0.29, 0.717) is 6.61 Å². The molecule has 0 aliphatic heterocycles. The molecule has 0 radical (unpaired) electrons. The molecule has 1 N–H and O–H groups in total. The minimum absolute atomic E-state index is 0.106. The Labute approximate surface area is 79.7 Å². The van der Waals surface area contributed by atoms with Gasteiger partial charge in [-0.2, -0.15) is 12.6 Å². The first-order valence-electron chi connectivity index (χ1n) is 3.72. The van der Waals surface area contributed by atoms with Crippen LogP contribution in [0.2, 0.25) is 0 Å². The van der Waals surface area contributed by atoms with Gasteiger partial charge in [0.25, 0.3) is 0 Å². The van der Waals surface area contributed by atoms with Gasteiger partial charge in [-0.3, -0.25) is 0 Å². The Kier molecular flexibility index (Phi) is 6.15. The van der Waals surface area contributed by atoms with E-state index in [1.807, 2.05) is 6.92 Å². The second kappa shape index (κ2) is 5.95. The first-order valence-corrected chi connectivity index (χ1v) is 5.91. The molecule has 6 heteroatoms. The molecule has 74 valence electrons. The quantitative estimate of drug-likeness (QED) is 0.495. The van der Waals surface area contributed by atoms with Crippen molar-refractivity contribution in [1.29, 1.82) is 0 Å². The van der Waals surface area contributed by atoms with Gasteiger partial charge in [0.1, 0.15) is 0 Å². The van der Waals surface area contributed by atoms with Gasteiger partial charge in [-0.15, -0.1) is 0 Å². The summed E-state index contributed by atoms with van der Waals surface area (Å²) in [7, 11) is -0.613. The molecule has 0 saturated carbocycles. The summed E-state index contributed by atoms with van der Waals surface area (Å²) in [5.74, 6) is 0. The molecule has 0 amide bonds. The number of rotatable bonds is 6. The van der Waals surface area contributed by atoms with E-state index in [1.165, 1.54) is 14.2 Å². The van der Waals surface area contributed by atoms with Crippen molar-refractivity contribution < 1.29 is 18.1 Å². The average Bonchev–Trinajstić information content (AvgIpc) is 2.13. The maximum absolute atomic E-state index is 9.41. The molecular weight excluding hydrogens is 196 g/mol. The van der Waals surface area contributed by atoms with Gasteiger partial charge in [0, 0.05) is 19.5 Å². The molecule has 0 spiro atoms. The van der Waals surface area contributed by atoms with Crippen LogP contribution in [0.3, 0.4) is 0 Å². The average molecular weight is 212 g/mol. The van der Waals surface area contributed by atoms with Gasteiger partial charge in [-0.25, -0.2) is 0 Å². The minimum atomic E-state index is -3.33. The van der Waals surface area contributed by atoms with Crippen molar-refractivity contribution in [3.05, 3.63) is 0 Å². The molecule has 0 bridgehead atoms. The number of hydrogen-bond acceptors (Lipinski definition) is 5. The van der Waals surface area contributed by atoms with E-state index in [9.17, 15) is 4.80 Å². The second-order valence-corrected chi connectivity index (χ2v) is 5.19. The summed E-state index contributed by atoms with van der Waals surface area (Å²) in [4.78, 5) is 9.41. The van der Waals surface area contributed by atoms with Gasteiger partial charge < -0.3 is 18.1 Å². The third-order valence-corrected chi connectivity index (χ3v) is 3.52. The zero-order chi connectivity index (χ0) is 9.61. The Morgan fingerprint density at radius 1 is 1.42 bits per heavy atom. The molecule has 1 unspecified atom stereocenters. The Balaban J connectivity index is 3.72. The van der Waals surface area contributed by atoms with Crippen LogP contribution < -0.4 is 0 Å². The van der Waals surface area contributed by atoms with Crippen LogP contribution in [0, 0.1) is 0 Å². The van der Waals surface area contributed by atoms with Gasteiger partial charge >= 0.3 is 9.05 Å². The lowest BCUT2D eigenvalue weighted by atomic mass is 10.3. The zero-order valence-electron chi connectivity index (χ0n) is 7.61. The summed E-state index contributed by atoms with van der Waals surface area (Å²) in [5.41, 5.74) is 0. The maximum Gasteiger partial charge on any atom is 0.676 e. The third-order valence-electron chi connectivity index (χ3n) is 1.45. The number of hydrogen-bond donors (Lipinski definition) is 2. The summed E-state index contributed by atoms with van der Waals surface area (Å²) >= 11 is 4.19. The molecule has 0 heterocycles. The Hall–Kier alpha value is 0.407. The summed E-state index contributed by atoms with van der Waals surface area (Å²) in [6, 6.07) is 0. The maximum atomic E-state index is 9.41. The molecule has 4 nitrogen and oxygen atoms in total. The van der Waals surface area contributed by atoms with Gasteiger partial charge in [0.05, 0.1) is 6.61 Å². The summed E-state index contributed by atoms with van der Waals surface area (Å²) in [5, 5.41) is 0.106. The van der Waals surface area contributed by atoms with Crippen molar-refractivity contribution in [1.82, 2.24) is 0 Å². The van der Waals surface area contributed by atoms with E-state index in [-0.39, 0.29) is 5.25 Å². The Morgan fingerprint density at radius 2 is 1.92 bits per heavy atom. The monoisotopic (exact) mass is 212 g/mol. The molecule has 0 fully saturated rings. The molecule has 0 aromatic heterocycles. The summed E-state index contributed by atoms with van der Waals surface area (Å²) in [6.07, 6.45) is 0.876. The normalized spacial score (nSPS) is 14.8. The lowest BCUT2D eigenvalue weighted by molar-refractivity contribution is 0.0236. The van der Waals surface area contributed by atoms with E-state index in [4.69, 9.17) is 13.3 Å². The fourth-order valence-corrected chi connectivity index (χ4v) is 1.55. The smallest absolute Gasteiger partial charge is 0.367 e. The molecule has 0 aliphatic carbocycles. The van der Waals surface area contributed by atoms with Crippen LogP contribution in [0.25, 0.3) is 0 Å². The highest BCUT2D eigenvalue weighted by Gasteiger charge is 2.38. The lowest BCUT2D eigenvalue weighted by Crippen LogP contribution is -2.45. The summed E-state index contributed by atoms with van der Waals surface area (Å²) in [6.45, 7) is 2.32. The van der Waals surface area contributed by atoms with Crippen LogP contribution in [0.1, 0.15) is 13.3 Å². The molecular formula is C6H16O4SSi. The summed E-state index contributed by atoms with van der Waals surface area (Å²) < 4.78 is 14.5. The Bertz CT molecular complexity index is 120. The third kappa shape index (κ3) is 4.44.